The Kier molecular flexibility index (Phi) is 8.37. The number of benzene rings is 6. The lowest BCUT2D eigenvalue weighted by molar-refractivity contribution is 0.0780. The molecule has 8 aromatic rings. The Morgan fingerprint density at radius 2 is 1.14 bits per heavy atom. The molecule has 0 N–H and O–H groups in total. The van der Waals surface area contributed by atoms with Gasteiger partial charge < -0.3 is 4.57 Å². The van der Waals surface area contributed by atoms with Gasteiger partial charge in [0.1, 0.15) is 0 Å². The monoisotopic (exact) mass is 725 g/mol. The number of hydrogen-bond acceptors (Lipinski definition) is 4. The molecule has 4 atom stereocenters. The number of aromatic nitrogens is 4. The summed E-state index contributed by atoms with van der Waals surface area (Å²) in [6, 6.07) is 53.2. The highest BCUT2D eigenvalue weighted by atomic mass is 15.0. The van der Waals surface area contributed by atoms with Gasteiger partial charge in [-0.15, -0.1) is 0 Å². The van der Waals surface area contributed by atoms with E-state index in [0.717, 1.165) is 67.5 Å². The summed E-state index contributed by atoms with van der Waals surface area (Å²) < 4.78 is 2.26. The number of nitriles is 1. The summed E-state index contributed by atoms with van der Waals surface area (Å²) in [6.45, 7) is 4.92. The lowest BCUT2D eigenvalue weighted by Gasteiger charge is -2.50. The van der Waals surface area contributed by atoms with Crippen LogP contribution in [-0.4, -0.2) is 19.5 Å². The molecule has 2 aromatic heterocycles. The van der Waals surface area contributed by atoms with Gasteiger partial charge >= 0.3 is 0 Å². The van der Waals surface area contributed by atoms with E-state index in [4.69, 9.17) is 15.0 Å². The maximum atomic E-state index is 9.61. The standard InChI is InChI=1S/C51H43N5/c1-33-26-36-27-34(2)30-51(29-33,31-36)40-21-17-37(18-22-40)42-12-6-7-14-44(42)50-54-48(38-10-4-3-5-11-38)53-49(55-50)39-19-23-41(24-20-39)56-46-15-9-8-13-43(46)45-28-35(32-52)16-25-47(45)56/h3-25,28,33-34,36H,26-27,29-31H2,1-2H3/t33-,34+,36?,51?. The average molecular weight is 726 g/mol. The van der Waals surface area contributed by atoms with E-state index in [1.54, 1.807) is 0 Å². The molecule has 6 aromatic carbocycles. The summed E-state index contributed by atoms with van der Waals surface area (Å²) in [4.78, 5) is 15.4. The van der Waals surface area contributed by atoms with Crippen molar-refractivity contribution in [3.63, 3.8) is 0 Å². The molecule has 2 aliphatic rings. The van der Waals surface area contributed by atoms with Gasteiger partial charge in [-0.1, -0.05) is 111 Å². The van der Waals surface area contributed by atoms with Crippen LogP contribution in [0.15, 0.2) is 146 Å². The van der Waals surface area contributed by atoms with Gasteiger partial charge in [-0.25, -0.2) is 15.0 Å². The van der Waals surface area contributed by atoms with Crippen LogP contribution >= 0.6 is 0 Å². The smallest absolute Gasteiger partial charge is 0.164 e. The third kappa shape index (κ3) is 5.97. The van der Waals surface area contributed by atoms with Crippen molar-refractivity contribution >= 4 is 21.8 Å². The van der Waals surface area contributed by atoms with Gasteiger partial charge in [0.15, 0.2) is 17.5 Å². The van der Waals surface area contributed by atoms with Crippen LogP contribution in [-0.2, 0) is 5.41 Å². The molecule has 2 saturated carbocycles. The van der Waals surface area contributed by atoms with Gasteiger partial charge in [-0.3, -0.25) is 0 Å². The minimum absolute atomic E-state index is 0.295. The van der Waals surface area contributed by atoms with Crippen LogP contribution in [0.2, 0.25) is 0 Å². The predicted octanol–water partition coefficient (Wildman–Crippen LogP) is 12.6. The number of nitrogens with zero attached hydrogens (tertiary/aromatic N) is 5. The minimum Gasteiger partial charge on any atom is -0.309 e. The quantitative estimate of drug-likeness (QED) is 0.171. The summed E-state index contributed by atoms with van der Waals surface area (Å²) in [7, 11) is 0. The fourth-order valence-electron chi connectivity index (χ4n) is 10.4. The molecule has 2 unspecified atom stereocenters. The van der Waals surface area contributed by atoms with Crippen LogP contribution in [0, 0.1) is 29.1 Å². The first-order valence-electron chi connectivity index (χ1n) is 20.0. The summed E-state index contributed by atoms with van der Waals surface area (Å²) in [6.07, 6.45) is 6.68. The fourth-order valence-corrected chi connectivity index (χ4v) is 10.4. The highest BCUT2D eigenvalue weighted by Crippen LogP contribution is 2.54. The minimum atomic E-state index is 0.295. The Morgan fingerprint density at radius 3 is 1.86 bits per heavy atom. The van der Waals surface area contributed by atoms with E-state index in [9.17, 15) is 5.26 Å². The molecule has 2 aliphatic carbocycles. The Balaban J connectivity index is 1.05. The molecule has 5 nitrogen and oxygen atoms in total. The first-order chi connectivity index (χ1) is 27.4. The van der Waals surface area contributed by atoms with Crippen molar-refractivity contribution in [3.05, 3.63) is 157 Å². The van der Waals surface area contributed by atoms with Gasteiger partial charge in [0.25, 0.3) is 0 Å². The summed E-state index contributed by atoms with van der Waals surface area (Å²) in [5.41, 5.74) is 10.7. The third-order valence-electron chi connectivity index (χ3n) is 12.5. The van der Waals surface area contributed by atoms with Crippen molar-refractivity contribution in [2.24, 2.45) is 17.8 Å². The van der Waals surface area contributed by atoms with Gasteiger partial charge in [-0.05, 0) is 120 Å². The second-order valence-electron chi connectivity index (χ2n) is 16.5. The molecular formula is C51H43N5. The first kappa shape index (κ1) is 34.1. The molecule has 2 heterocycles. The van der Waals surface area contributed by atoms with Crippen LogP contribution in [0.3, 0.4) is 0 Å². The molecule has 5 heteroatoms. The maximum absolute atomic E-state index is 9.61. The van der Waals surface area contributed by atoms with Crippen LogP contribution in [0.4, 0.5) is 0 Å². The van der Waals surface area contributed by atoms with E-state index in [0.29, 0.717) is 28.5 Å². The van der Waals surface area contributed by atoms with Gasteiger partial charge in [-0.2, -0.15) is 5.26 Å². The van der Waals surface area contributed by atoms with Crippen LogP contribution in [0.1, 0.15) is 57.1 Å². The molecule has 272 valence electrons. The first-order valence-corrected chi connectivity index (χ1v) is 20.0. The molecular weight excluding hydrogens is 683 g/mol. The zero-order valence-electron chi connectivity index (χ0n) is 31.9. The second-order valence-corrected chi connectivity index (χ2v) is 16.5. The molecule has 2 bridgehead atoms. The molecule has 56 heavy (non-hydrogen) atoms. The van der Waals surface area contributed by atoms with E-state index in [1.807, 2.05) is 42.5 Å². The summed E-state index contributed by atoms with van der Waals surface area (Å²) in [5, 5.41) is 11.8. The number of para-hydroxylation sites is 1. The van der Waals surface area contributed by atoms with E-state index in [-0.39, 0.29) is 0 Å². The Labute approximate surface area is 328 Å². The van der Waals surface area contributed by atoms with Crippen LogP contribution in [0.25, 0.3) is 72.8 Å². The summed E-state index contributed by atoms with van der Waals surface area (Å²) in [5.74, 6) is 4.32. The fraction of sp³-hybridized carbons (Fsp3) is 0.216. The highest BCUT2D eigenvalue weighted by Gasteiger charge is 2.45. The van der Waals surface area contributed by atoms with Crippen molar-refractivity contribution in [3.8, 4) is 57.0 Å². The van der Waals surface area contributed by atoms with E-state index in [2.05, 4.69) is 128 Å². The van der Waals surface area contributed by atoms with Gasteiger partial charge in [0, 0.05) is 33.2 Å². The zero-order chi connectivity index (χ0) is 37.8. The largest absolute Gasteiger partial charge is 0.309 e. The number of fused-ring (bicyclic) bond motifs is 5. The molecule has 2 fully saturated rings. The molecule has 0 spiro atoms. The SMILES string of the molecule is C[C@@H]1CC2C[C@H](C)CC(c3ccc(-c4ccccc4-c4nc(-c5ccccc5)nc(-c5ccc(-n6c7ccccc7c7cc(C#N)ccc76)cc5)n4)cc3)(C2)C1. The van der Waals surface area contributed by atoms with Crippen molar-refractivity contribution in [1.82, 2.24) is 19.5 Å². The lowest BCUT2D eigenvalue weighted by atomic mass is 9.54. The zero-order valence-corrected chi connectivity index (χ0v) is 31.9. The topological polar surface area (TPSA) is 67.4 Å². The Bertz CT molecular complexity index is 2760. The third-order valence-corrected chi connectivity index (χ3v) is 12.5. The maximum Gasteiger partial charge on any atom is 0.164 e. The second kappa shape index (κ2) is 13.7. The number of hydrogen-bond donors (Lipinski definition) is 0. The van der Waals surface area contributed by atoms with E-state index < -0.39 is 0 Å². The van der Waals surface area contributed by atoms with Crippen molar-refractivity contribution in [2.75, 3.05) is 0 Å². The van der Waals surface area contributed by atoms with E-state index >= 15 is 0 Å². The van der Waals surface area contributed by atoms with Crippen LogP contribution < -0.4 is 0 Å². The lowest BCUT2D eigenvalue weighted by Crippen LogP contribution is -2.42. The molecule has 0 amide bonds. The summed E-state index contributed by atoms with van der Waals surface area (Å²) >= 11 is 0. The predicted molar refractivity (Wildman–Crippen MR) is 227 cm³/mol. The van der Waals surface area contributed by atoms with Crippen molar-refractivity contribution in [2.45, 2.75) is 51.4 Å². The molecule has 0 radical (unpaired) electrons. The van der Waals surface area contributed by atoms with Crippen molar-refractivity contribution in [1.29, 1.82) is 5.26 Å². The van der Waals surface area contributed by atoms with Crippen molar-refractivity contribution < 1.29 is 0 Å². The normalized spacial score (nSPS) is 20.6. The van der Waals surface area contributed by atoms with Gasteiger partial charge in [0.05, 0.1) is 22.7 Å². The molecule has 10 rings (SSSR count). The van der Waals surface area contributed by atoms with Gasteiger partial charge in [0.2, 0.25) is 0 Å². The molecule has 0 saturated heterocycles. The Morgan fingerprint density at radius 1 is 0.554 bits per heavy atom. The van der Waals surface area contributed by atoms with Crippen LogP contribution in [0.5, 0.6) is 0 Å². The molecule has 0 aliphatic heterocycles. The van der Waals surface area contributed by atoms with E-state index in [1.165, 1.54) is 43.2 Å². The Hall–Kier alpha value is -6.38. The average Bonchev–Trinajstić information content (AvgIpc) is 3.57. The number of rotatable bonds is 6. The highest BCUT2D eigenvalue weighted by molar-refractivity contribution is 6.09.